The quantitative estimate of drug-likeness (QED) is 0.431. The Morgan fingerprint density at radius 2 is 1.54 bits per heavy atom. The molecule has 0 saturated heterocycles. The molecule has 178 valence electrons. The zero-order chi connectivity index (χ0) is 25.0. The van der Waals surface area contributed by atoms with Gasteiger partial charge in [-0.3, -0.25) is 19.9 Å². The van der Waals surface area contributed by atoms with E-state index in [9.17, 15) is 9.59 Å². The van der Waals surface area contributed by atoms with Gasteiger partial charge in [0.15, 0.2) is 0 Å². The second-order valence-electron chi connectivity index (χ2n) is 8.54. The molecule has 0 aliphatic carbocycles. The molecule has 0 saturated carbocycles. The largest absolute Gasteiger partial charge is 0.488 e. The third-order valence-electron chi connectivity index (χ3n) is 4.62. The minimum Gasteiger partial charge on any atom is -0.488 e. The smallest absolute Gasteiger partial charge is 0.269 e. The number of amides is 2. The van der Waals surface area contributed by atoms with Crippen LogP contribution in [0.25, 0.3) is 11.0 Å². The van der Waals surface area contributed by atoms with Crippen molar-refractivity contribution in [1.82, 2.24) is 25.5 Å². The summed E-state index contributed by atoms with van der Waals surface area (Å²) in [6, 6.07) is 15.0. The number of anilines is 1. The van der Waals surface area contributed by atoms with Gasteiger partial charge in [0.05, 0.1) is 5.52 Å². The summed E-state index contributed by atoms with van der Waals surface area (Å²) in [5.41, 5.74) is 1.33. The average molecular weight is 473 g/mol. The van der Waals surface area contributed by atoms with Crippen LogP contribution in [0.3, 0.4) is 0 Å². The Morgan fingerprint density at radius 3 is 2.26 bits per heavy atom. The summed E-state index contributed by atoms with van der Waals surface area (Å²) >= 11 is 0. The fraction of sp³-hybridized carbons (Fsp3) is 0.200. The van der Waals surface area contributed by atoms with Crippen molar-refractivity contribution < 1.29 is 19.1 Å². The molecule has 2 N–H and O–H groups in total. The highest BCUT2D eigenvalue weighted by Gasteiger charge is 2.14. The van der Waals surface area contributed by atoms with Crippen molar-refractivity contribution in [2.24, 2.45) is 0 Å². The summed E-state index contributed by atoms with van der Waals surface area (Å²) in [6.45, 7) is 5.86. The number of carbonyl (C=O) groups is 2. The molecule has 0 bridgehead atoms. The molecule has 0 aliphatic rings. The predicted octanol–water partition coefficient (Wildman–Crippen LogP) is 4.00. The fourth-order valence-corrected chi connectivity index (χ4v) is 3.10. The van der Waals surface area contributed by atoms with Gasteiger partial charge in [-0.1, -0.05) is 0 Å². The van der Waals surface area contributed by atoms with Crippen LogP contribution in [0, 0.1) is 0 Å². The zero-order valence-corrected chi connectivity index (χ0v) is 19.7. The standard InChI is InChI=1S/C25H24N6O4/c1-25(2,3)35-16-7-5-15(6-8-16)22(32)29-24-28-20-13-17(9-10-19(20)30-31-24)34-18-11-12-27-21(14-18)23(33)26-4/h5-14H,1-4H3,(H,26,33)(H,28,29,31,32). The van der Waals surface area contributed by atoms with Crippen LogP contribution in [-0.4, -0.2) is 44.6 Å². The Balaban J connectivity index is 1.49. The predicted molar refractivity (Wildman–Crippen MR) is 130 cm³/mol. The van der Waals surface area contributed by atoms with E-state index < -0.39 is 0 Å². The summed E-state index contributed by atoms with van der Waals surface area (Å²) in [6.07, 6.45) is 1.49. The van der Waals surface area contributed by atoms with Gasteiger partial charge in [-0.2, -0.15) is 0 Å². The van der Waals surface area contributed by atoms with Crippen LogP contribution in [0.15, 0.2) is 60.8 Å². The van der Waals surface area contributed by atoms with Crippen LogP contribution in [0.4, 0.5) is 5.95 Å². The van der Waals surface area contributed by atoms with Gasteiger partial charge in [-0.05, 0) is 63.2 Å². The first-order valence-corrected chi connectivity index (χ1v) is 10.8. The molecular formula is C25H24N6O4. The monoisotopic (exact) mass is 472 g/mol. The van der Waals surface area contributed by atoms with E-state index in [4.69, 9.17) is 9.47 Å². The van der Waals surface area contributed by atoms with E-state index in [1.54, 1.807) is 48.5 Å². The van der Waals surface area contributed by atoms with Gasteiger partial charge in [-0.25, -0.2) is 4.98 Å². The highest BCUT2D eigenvalue weighted by molar-refractivity contribution is 6.03. The van der Waals surface area contributed by atoms with Crippen molar-refractivity contribution in [3.63, 3.8) is 0 Å². The Hall–Kier alpha value is -4.60. The molecule has 4 aromatic rings. The van der Waals surface area contributed by atoms with Gasteiger partial charge >= 0.3 is 0 Å². The van der Waals surface area contributed by atoms with E-state index in [1.165, 1.54) is 19.3 Å². The minimum absolute atomic E-state index is 0.0560. The van der Waals surface area contributed by atoms with Crippen LogP contribution in [0.5, 0.6) is 17.2 Å². The molecule has 10 heteroatoms. The van der Waals surface area contributed by atoms with Gasteiger partial charge in [-0.15, -0.1) is 10.2 Å². The maximum atomic E-state index is 12.6. The number of rotatable bonds is 6. The molecule has 10 nitrogen and oxygen atoms in total. The number of hydrogen-bond acceptors (Lipinski definition) is 8. The summed E-state index contributed by atoms with van der Waals surface area (Å²) in [5, 5.41) is 13.3. The Bertz CT molecular complexity index is 1380. The number of hydrogen-bond donors (Lipinski definition) is 2. The Morgan fingerprint density at radius 1 is 0.829 bits per heavy atom. The average Bonchev–Trinajstić information content (AvgIpc) is 2.83. The maximum absolute atomic E-state index is 12.6. The van der Waals surface area contributed by atoms with Gasteiger partial charge in [0.2, 0.25) is 5.95 Å². The molecule has 0 spiro atoms. The number of nitrogens with one attached hydrogen (secondary N) is 2. The molecule has 0 fully saturated rings. The maximum Gasteiger partial charge on any atom is 0.269 e. The van der Waals surface area contributed by atoms with Crippen molar-refractivity contribution in [3.05, 3.63) is 72.1 Å². The second-order valence-corrected chi connectivity index (χ2v) is 8.54. The lowest BCUT2D eigenvalue weighted by atomic mass is 10.1. The Labute approximate surface area is 201 Å². The molecule has 4 rings (SSSR count). The molecular weight excluding hydrogens is 448 g/mol. The molecule has 35 heavy (non-hydrogen) atoms. The van der Waals surface area contributed by atoms with Crippen LogP contribution in [-0.2, 0) is 0 Å². The number of nitrogens with zero attached hydrogens (tertiary/aromatic N) is 4. The van der Waals surface area contributed by atoms with E-state index in [0.29, 0.717) is 33.8 Å². The normalized spacial score (nSPS) is 11.1. The number of benzene rings is 2. The van der Waals surface area contributed by atoms with Crippen LogP contribution < -0.4 is 20.1 Å². The molecule has 0 aliphatic heterocycles. The highest BCUT2D eigenvalue weighted by atomic mass is 16.5. The van der Waals surface area contributed by atoms with Crippen molar-refractivity contribution in [1.29, 1.82) is 0 Å². The number of ether oxygens (including phenoxy) is 2. The molecule has 2 heterocycles. The van der Waals surface area contributed by atoms with E-state index in [2.05, 4.69) is 30.8 Å². The van der Waals surface area contributed by atoms with Crippen molar-refractivity contribution in [3.8, 4) is 17.2 Å². The molecule has 2 aromatic carbocycles. The third-order valence-corrected chi connectivity index (χ3v) is 4.62. The SMILES string of the molecule is CNC(=O)c1cc(Oc2ccc3nnc(NC(=O)c4ccc(OC(C)(C)C)cc4)nc3c2)ccn1. The lowest BCUT2D eigenvalue weighted by Crippen LogP contribution is -2.23. The lowest BCUT2D eigenvalue weighted by molar-refractivity contribution is 0.0956. The van der Waals surface area contributed by atoms with E-state index >= 15 is 0 Å². The van der Waals surface area contributed by atoms with Gasteiger partial charge in [0, 0.05) is 30.9 Å². The first kappa shape index (κ1) is 23.6. The summed E-state index contributed by atoms with van der Waals surface area (Å²) < 4.78 is 11.6. The zero-order valence-electron chi connectivity index (χ0n) is 19.7. The van der Waals surface area contributed by atoms with Crippen LogP contribution >= 0.6 is 0 Å². The summed E-state index contributed by atoms with van der Waals surface area (Å²) in [4.78, 5) is 32.8. The lowest BCUT2D eigenvalue weighted by Gasteiger charge is -2.21. The van der Waals surface area contributed by atoms with Crippen LogP contribution in [0.1, 0.15) is 41.6 Å². The van der Waals surface area contributed by atoms with E-state index in [1.807, 2.05) is 20.8 Å². The van der Waals surface area contributed by atoms with Crippen molar-refractivity contribution >= 4 is 28.8 Å². The third kappa shape index (κ3) is 6.05. The minimum atomic E-state index is -0.376. The first-order valence-electron chi connectivity index (χ1n) is 10.8. The second kappa shape index (κ2) is 9.72. The van der Waals surface area contributed by atoms with E-state index in [0.717, 1.165) is 0 Å². The number of fused-ring (bicyclic) bond motifs is 1. The molecule has 2 aromatic heterocycles. The number of carbonyl (C=O) groups excluding carboxylic acids is 2. The topological polar surface area (TPSA) is 128 Å². The van der Waals surface area contributed by atoms with Crippen molar-refractivity contribution in [2.45, 2.75) is 26.4 Å². The number of aromatic nitrogens is 4. The van der Waals surface area contributed by atoms with Gasteiger partial charge < -0.3 is 14.8 Å². The summed E-state index contributed by atoms with van der Waals surface area (Å²) in [7, 11) is 1.53. The highest BCUT2D eigenvalue weighted by Crippen LogP contribution is 2.25. The van der Waals surface area contributed by atoms with Gasteiger partial charge in [0.25, 0.3) is 11.8 Å². The Kier molecular flexibility index (Phi) is 6.54. The molecule has 0 atom stereocenters. The molecule has 0 unspecified atom stereocenters. The first-order chi connectivity index (χ1) is 16.7. The molecule has 2 amide bonds. The van der Waals surface area contributed by atoms with E-state index in [-0.39, 0.29) is 29.1 Å². The summed E-state index contributed by atoms with van der Waals surface area (Å²) in [5.74, 6) is 0.940. The van der Waals surface area contributed by atoms with Crippen LogP contribution in [0.2, 0.25) is 0 Å². The number of pyridine rings is 1. The fourth-order valence-electron chi connectivity index (χ4n) is 3.10. The molecule has 0 radical (unpaired) electrons. The van der Waals surface area contributed by atoms with Crippen molar-refractivity contribution in [2.75, 3.05) is 12.4 Å². The van der Waals surface area contributed by atoms with Gasteiger partial charge in [0.1, 0.15) is 34.1 Å².